The summed E-state index contributed by atoms with van der Waals surface area (Å²) in [6.45, 7) is 2.82. The lowest BCUT2D eigenvalue weighted by Gasteiger charge is -2.31. The minimum Gasteiger partial charge on any atom is -0.342 e. The number of aromatic nitrogens is 2. The minimum absolute atomic E-state index is 0.163. The maximum Gasteiger partial charge on any atom is 0.256 e. The van der Waals surface area contributed by atoms with Crippen LogP contribution in [-0.4, -0.2) is 33.9 Å². The van der Waals surface area contributed by atoms with Gasteiger partial charge in [0.05, 0.1) is 16.6 Å². The van der Waals surface area contributed by atoms with Gasteiger partial charge in [-0.05, 0) is 49.6 Å². The molecule has 0 bridgehead atoms. The van der Waals surface area contributed by atoms with Crippen LogP contribution < -0.4 is 0 Å². The molecule has 27 heavy (non-hydrogen) atoms. The Labute approximate surface area is 154 Å². The molecule has 0 spiro atoms. The largest absolute Gasteiger partial charge is 0.342 e. The molecule has 1 amide bonds. The van der Waals surface area contributed by atoms with Crippen LogP contribution in [0.2, 0.25) is 0 Å². The molecule has 0 aliphatic carbocycles. The summed E-state index contributed by atoms with van der Waals surface area (Å²) in [6, 6.07) is 7.77. The number of aromatic amines is 1. The number of piperidine rings is 1. The second kappa shape index (κ2) is 6.72. The Balaban J connectivity index is 1.48. The van der Waals surface area contributed by atoms with Gasteiger partial charge in [0.1, 0.15) is 5.82 Å². The molecule has 0 radical (unpaired) electrons. The summed E-state index contributed by atoms with van der Waals surface area (Å²) in [6.07, 6.45) is 1.33. The minimum atomic E-state index is -1.62. The summed E-state index contributed by atoms with van der Waals surface area (Å²) in [4.78, 5) is 21.9. The smallest absolute Gasteiger partial charge is 0.256 e. The van der Waals surface area contributed by atoms with Gasteiger partial charge in [0.15, 0.2) is 17.5 Å². The predicted octanol–water partition coefficient (Wildman–Crippen LogP) is 4.31. The number of hydrogen-bond donors (Lipinski definition) is 1. The number of benzene rings is 2. The molecular weight excluding hydrogens is 355 g/mol. The molecular formula is C20H18F3N3O. The molecule has 2 aromatic carbocycles. The number of amides is 1. The van der Waals surface area contributed by atoms with Crippen molar-refractivity contribution in [3.05, 3.63) is 64.7 Å². The van der Waals surface area contributed by atoms with E-state index < -0.39 is 28.9 Å². The van der Waals surface area contributed by atoms with Gasteiger partial charge in [-0.15, -0.1) is 0 Å². The highest BCUT2D eigenvalue weighted by Gasteiger charge is 2.29. The highest BCUT2D eigenvalue weighted by Crippen LogP contribution is 2.29. The number of carbonyl (C=O) groups is 1. The van der Waals surface area contributed by atoms with Crippen LogP contribution in [0.5, 0.6) is 0 Å². The fourth-order valence-corrected chi connectivity index (χ4v) is 3.55. The van der Waals surface area contributed by atoms with Gasteiger partial charge in [0.25, 0.3) is 5.91 Å². The normalized spacial score (nSPS) is 15.5. The van der Waals surface area contributed by atoms with Gasteiger partial charge in [0.2, 0.25) is 0 Å². The molecule has 4 nitrogen and oxygen atoms in total. The van der Waals surface area contributed by atoms with E-state index in [2.05, 4.69) is 9.97 Å². The number of H-pyrrole nitrogens is 1. The van der Waals surface area contributed by atoms with Crippen LogP contribution in [0.3, 0.4) is 0 Å². The Morgan fingerprint density at radius 2 is 1.85 bits per heavy atom. The van der Waals surface area contributed by atoms with Gasteiger partial charge in [-0.2, -0.15) is 0 Å². The van der Waals surface area contributed by atoms with E-state index in [4.69, 9.17) is 0 Å². The monoisotopic (exact) mass is 373 g/mol. The van der Waals surface area contributed by atoms with E-state index in [1.54, 1.807) is 0 Å². The highest BCUT2D eigenvalue weighted by atomic mass is 19.2. The molecule has 3 aromatic rings. The number of imidazole rings is 1. The number of hydrogen-bond acceptors (Lipinski definition) is 2. The van der Waals surface area contributed by atoms with Gasteiger partial charge in [-0.25, -0.2) is 18.2 Å². The Hall–Kier alpha value is -2.83. The van der Waals surface area contributed by atoms with Gasteiger partial charge < -0.3 is 9.88 Å². The van der Waals surface area contributed by atoms with Crippen LogP contribution in [0.4, 0.5) is 13.2 Å². The van der Waals surface area contributed by atoms with Crippen molar-refractivity contribution in [2.45, 2.75) is 25.7 Å². The number of fused-ring (bicyclic) bond motifs is 1. The van der Waals surface area contributed by atoms with E-state index in [1.165, 1.54) is 4.90 Å². The average molecular weight is 373 g/mol. The van der Waals surface area contributed by atoms with E-state index >= 15 is 0 Å². The van der Waals surface area contributed by atoms with Crippen LogP contribution in [0, 0.1) is 24.4 Å². The van der Waals surface area contributed by atoms with Crippen LogP contribution in [0.25, 0.3) is 11.0 Å². The van der Waals surface area contributed by atoms with Crippen LogP contribution in [-0.2, 0) is 0 Å². The first-order valence-electron chi connectivity index (χ1n) is 8.83. The lowest BCUT2D eigenvalue weighted by atomic mass is 9.95. The molecule has 1 N–H and O–H groups in total. The zero-order valence-electron chi connectivity index (χ0n) is 14.7. The third kappa shape index (κ3) is 3.18. The summed E-state index contributed by atoms with van der Waals surface area (Å²) >= 11 is 0. The average Bonchev–Trinajstić information content (AvgIpc) is 3.09. The van der Waals surface area contributed by atoms with Crippen molar-refractivity contribution in [3.8, 4) is 0 Å². The third-order valence-electron chi connectivity index (χ3n) is 5.09. The molecule has 140 valence electrons. The molecule has 0 atom stereocenters. The Morgan fingerprint density at radius 3 is 2.59 bits per heavy atom. The fourth-order valence-electron chi connectivity index (χ4n) is 3.55. The first-order chi connectivity index (χ1) is 12.9. The van der Waals surface area contributed by atoms with Gasteiger partial charge in [-0.3, -0.25) is 4.79 Å². The van der Waals surface area contributed by atoms with E-state index in [9.17, 15) is 18.0 Å². The topological polar surface area (TPSA) is 49.0 Å². The number of nitrogens with one attached hydrogen (secondary N) is 1. The maximum atomic E-state index is 13.9. The third-order valence-corrected chi connectivity index (χ3v) is 5.09. The molecule has 0 unspecified atom stereocenters. The van der Waals surface area contributed by atoms with Crippen molar-refractivity contribution in [1.29, 1.82) is 0 Å². The van der Waals surface area contributed by atoms with Gasteiger partial charge >= 0.3 is 0 Å². The lowest BCUT2D eigenvalue weighted by Crippen LogP contribution is -2.38. The van der Waals surface area contributed by atoms with Crippen LogP contribution in [0.1, 0.15) is 40.5 Å². The second-order valence-corrected chi connectivity index (χ2v) is 6.93. The second-order valence-electron chi connectivity index (χ2n) is 6.93. The zero-order valence-corrected chi connectivity index (χ0v) is 14.7. The molecule has 7 heteroatoms. The zero-order chi connectivity index (χ0) is 19.1. The van der Waals surface area contributed by atoms with Crippen LogP contribution in [0.15, 0.2) is 30.3 Å². The van der Waals surface area contributed by atoms with E-state index in [1.807, 2.05) is 25.1 Å². The number of nitrogens with zero attached hydrogens (tertiary/aromatic N) is 2. The Morgan fingerprint density at radius 1 is 1.11 bits per heavy atom. The molecule has 1 aromatic heterocycles. The van der Waals surface area contributed by atoms with Crippen LogP contribution >= 0.6 is 0 Å². The molecule has 1 fully saturated rings. The van der Waals surface area contributed by atoms with Crippen molar-refractivity contribution in [3.63, 3.8) is 0 Å². The Bertz CT molecular complexity index is 1020. The highest BCUT2D eigenvalue weighted by molar-refractivity contribution is 5.94. The summed E-state index contributed by atoms with van der Waals surface area (Å²) in [5.74, 6) is -3.94. The van der Waals surface area contributed by atoms with Gasteiger partial charge in [-0.1, -0.05) is 6.07 Å². The van der Waals surface area contributed by atoms with Crippen molar-refractivity contribution in [2.75, 3.05) is 13.1 Å². The summed E-state index contributed by atoms with van der Waals surface area (Å²) in [5.41, 5.74) is 2.59. The number of halogens is 3. The summed E-state index contributed by atoms with van der Waals surface area (Å²) < 4.78 is 40.3. The number of aryl methyl sites for hydroxylation is 1. The lowest BCUT2D eigenvalue weighted by molar-refractivity contribution is 0.0705. The number of carbonyl (C=O) groups excluding carboxylic acids is 1. The van der Waals surface area contributed by atoms with E-state index in [-0.39, 0.29) is 5.92 Å². The van der Waals surface area contributed by atoms with E-state index in [0.717, 1.165) is 34.6 Å². The number of likely N-dealkylation sites (tertiary alicyclic amines) is 1. The molecule has 1 aliphatic rings. The van der Waals surface area contributed by atoms with Crippen molar-refractivity contribution < 1.29 is 18.0 Å². The standard InChI is InChI=1S/C20H18F3N3O/c1-11-2-5-15-16(10-11)25-19(24-15)12-6-8-26(9-7-12)20(27)13-3-4-14(21)18(23)17(13)22/h2-5,10,12H,6-9H2,1H3,(H,24,25). The predicted molar refractivity (Wildman–Crippen MR) is 95.0 cm³/mol. The van der Waals surface area contributed by atoms with Gasteiger partial charge in [0, 0.05) is 19.0 Å². The molecule has 1 aliphatic heterocycles. The molecule has 4 rings (SSSR count). The molecule has 2 heterocycles. The quantitative estimate of drug-likeness (QED) is 0.681. The summed E-state index contributed by atoms with van der Waals surface area (Å²) in [5, 5.41) is 0. The van der Waals surface area contributed by atoms with Crippen molar-refractivity contribution >= 4 is 16.9 Å². The first kappa shape index (κ1) is 17.6. The van der Waals surface area contributed by atoms with E-state index in [0.29, 0.717) is 25.9 Å². The Kier molecular flexibility index (Phi) is 4.37. The maximum absolute atomic E-state index is 13.9. The first-order valence-corrected chi connectivity index (χ1v) is 8.83. The summed E-state index contributed by atoms with van der Waals surface area (Å²) in [7, 11) is 0. The number of rotatable bonds is 2. The SMILES string of the molecule is Cc1ccc2nc(C3CCN(C(=O)c4ccc(F)c(F)c4F)CC3)[nH]c2c1. The van der Waals surface area contributed by atoms with Crippen molar-refractivity contribution in [2.24, 2.45) is 0 Å². The molecule has 0 saturated carbocycles. The fraction of sp³-hybridized carbons (Fsp3) is 0.300. The molecule has 1 saturated heterocycles. The van der Waals surface area contributed by atoms with Crippen molar-refractivity contribution in [1.82, 2.24) is 14.9 Å².